The molecule has 4 aromatic rings. The van der Waals surface area contributed by atoms with E-state index in [1.54, 1.807) is 0 Å². The number of hydrogen-bond donors (Lipinski definition) is 0. The fraction of sp³-hybridized carbons (Fsp3) is 0.103. The Bertz CT molecular complexity index is 1260. The monoisotopic (exact) mass is 402 g/mol. The summed E-state index contributed by atoms with van der Waals surface area (Å²) in [5.74, 6) is -0.0268. The van der Waals surface area contributed by atoms with Gasteiger partial charge in [-0.2, -0.15) is 0 Å². The van der Waals surface area contributed by atoms with E-state index in [0.29, 0.717) is 23.1 Å². The van der Waals surface area contributed by atoms with Crippen LogP contribution in [0.15, 0.2) is 97.1 Å². The van der Waals surface area contributed by atoms with Crippen molar-refractivity contribution in [1.82, 2.24) is 0 Å². The molecule has 0 N–H and O–H groups in total. The molecule has 4 aromatic carbocycles. The van der Waals surface area contributed by atoms with E-state index in [-0.39, 0.29) is 11.6 Å². The van der Waals surface area contributed by atoms with E-state index in [4.69, 9.17) is 0 Å². The molecule has 5 rings (SSSR count). The van der Waals surface area contributed by atoms with Crippen molar-refractivity contribution in [3.63, 3.8) is 0 Å². The lowest BCUT2D eigenvalue weighted by Crippen LogP contribution is -2.19. The minimum absolute atomic E-state index is 0.0653. The minimum Gasteiger partial charge on any atom is -0.294 e. The maximum Gasteiger partial charge on any atom is 0.194 e. The molecule has 31 heavy (non-hydrogen) atoms. The van der Waals surface area contributed by atoms with Gasteiger partial charge in [0.15, 0.2) is 11.6 Å². The molecule has 0 unspecified atom stereocenters. The van der Waals surface area contributed by atoms with Gasteiger partial charge in [0.2, 0.25) is 0 Å². The molecule has 0 spiro atoms. The normalized spacial score (nSPS) is 13.0. The minimum atomic E-state index is -0.0921. The number of fused-ring (bicyclic) bond motifs is 1. The van der Waals surface area contributed by atoms with Crippen molar-refractivity contribution in [3.8, 4) is 22.3 Å². The summed E-state index contributed by atoms with van der Waals surface area (Å²) in [6.45, 7) is 0. The maximum absolute atomic E-state index is 13.8. The Morgan fingerprint density at radius 1 is 0.645 bits per heavy atom. The third-order valence-electron chi connectivity index (χ3n) is 5.98. The van der Waals surface area contributed by atoms with E-state index >= 15 is 0 Å². The summed E-state index contributed by atoms with van der Waals surface area (Å²) in [6.07, 6.45) is 2.10. The van der Waals surface area contributed by atoms with Crippen molar-refractivity contribution in [1.29, 1.82) is 0 Å². The summed E-state index contributed by atoms with van der Waals surface area (Å²) in [5, 5.41) is 0. The van der Waals surface area contributed by atoms with Crippen LogP contribution < -0.4 is 0 Å². The van der Waals surface area contributed by atoms with Crippen molar-refractivity contribution in [2.75, 3.05) is 0 Å². The van der Waals surface area contributed by atoms with Crippen LogP contribution >= 0.6 is 0 Å². The quantitative estimate of drug-likeness (QED) is 0.353. The van der Waals surface area contributed by atoms with Crippen LogP contribution in [0.3, 0.4) is 0 Å². The molecule has 2 nitrogen and oxygen atoms in total. The van der Waals surface area contributed by atoms with Gasteiger partial charge >= 0.3 is 0 Å². The van der Waals surface area contributed by atoms with E-state index in [1.807, 2.05) is 78.9 Å². The van der Waals surface area contributed by atoms with Crippen LogP contribution in [0, 0.1) is 0 Å². The van der Waals surface area contributed by atoms with Crippen molar-refractivity contribution < 1.29 is 9.59 Å². The fourth-order valence-electron chi connectivity index (χ4n) is 4.53. The molecule has 1 aliphatic rings. The molecule has 0 radical (unpaired) electrons. The van der Waals surface area contributed by atoms with Crippen LogP contribution in [-0.2, 0) is 6.42 Å². The first-order chi connectivity index (χ1) is 15.2. The van der Waals surface area contributed by atoms with Gasteiger partial charge in [-0.3, -0.25) is 9.59 Å². The van der Waals surface area contributed by atoms with Crippen molar-refractivity contribution in [3.05, 3.63) is 119 Å². The number of carbonyl (C=O) groups excluding carboxylic acids is 2. The van der Waals surface area contributed by atoms with E-state index in [1.165, 1.54) is 0 Å². The van der Waals surface area contributed by atoms with E-state index in [2.05, 4.69) is 18.2 Å². The number of rotatable bonds is 4. The van der Waals surface area contributed by atoms with Gasteiger partial charge in [-0.25, -0.2) is 0 Å². The van der Waals surface area contributed by atoms with Crippen LogP contribution in [0.2, 0.25) is 0 Å². The van der Waals surface area contributed by atoms with Gasteiger partial charge in [0.1, 0.15) is 0 Å². The molecule has 0 aliphatic heterocycles. The molecule has 0 aromatic heterocycles. The standard InChI is InChI=1S/C29H22O2/c30-26-18-10-17-23-24(20-11-4-1-5-12-20)19-25(21-13-6-2-7-14-21)28(27(23)26)29(31)22-15-8-3-9-16-22/h1-9,11-16,19H,10,17-18H2. The molecule has 2 heteroatoms. The van der Waals surface area contributed by atoms with Crippen LogP contribution in [0.25, 0.3) is 22.3 Å². The third kappa shape index (κ3) is 3.51. The molecule has 0 heterocycles. The van der Waals surface area contributed by atoms with Gasteiger partial charge < -0.3 is 0 Å². The average Bonchev–Trinajstić information content (AvgIpc) is 2.84. The molecular formula is C29H22O2. The molecule has 0 bridgehead atoms. The summed E-state index contributed by atoms with van der Waals surface area (Å²) in [7, 11) is 0. The molecule has 0 atom stereocenters. The van der Waals surface area contributed by atoms with Gasteiger partial charge in [-0.1, -0.05) is 91.0 Å². The first-order valence-electron chi connectivity index (χ1n) is 10.7. The maximum atomic E-state index is 13.8. The molecule has 1 aliphatic carbocycles. The average molecular weight is 402 g/mol. The number of hydrogen-bond acceptors (Lipinski definition) is 2. The predicted octanol–water partition coefficient (Wildman–Crippen LogP) is 6.77. The Labute approximate surface area is 182 Å². The second-order valence-electron chi connectivity index (χ2n) is 7.90. The van der Waals surface area contributed by atoms with Gasteiger partial charge in [-0.05, 0) is 46.7 Å². The van der Waals surface area contributed by atoms with Gasteiger partial charge in [0, 0.05) is 23.1 Å². The second kappa shape index (κ2) is 8.16. The first kappa shape index (κ1) is 19.2. The molecule has 150 valence electrons. The highest BCUT2D eigenvalue weighted by atomic mass is 16.1. The van der Waals surface area contributed by atoms with Crippen LogP contribution in [0.4, 0.5) is 0 Å². The summed E-state index contributed by atoms with van der Waals surface area (Å²) in [6, 6.07) is 31.4. The van der Waals surface area contributed by atoms with Gasteiger partial charge in [0.05, 0.1) is 0 Å². The van der Waals surface area contributed by atoms with Gasteiger partial charge in [0.25, 0.3) is 0 Å². The first-order valence-corrected chi connectivity index (χ1v) is 10.7. The lowest BCUT2D eigenvalue weighted by molar-refractivity contribution is 0.0958. The summed E-state index contributed by atoms with van der Waals surface area (Å²) >= 11 is 0. The summed E-state index contributed by atoms with van der Waals surface area (Å²) in [5.41, 5.74) is 6.64. The Morgan fingerprint density at radius 3 is 1.81 bits per heavy atom. The van der Waals surface area contributed by atoms with E-state index in [0.717, 1.165) is 40.7 Å². The van der Waals surface area contributed by atoms with Crippen molar-refractivity contribution in [2.24, 2.45) is 0 Å². The highest BCUT2D eigenvalue weighted by molar-refractivity contribution is 6.20. The number of Topliss-reactive ketones (excluding diaryl/α,β-unsaturated/α-hetero) is 1. The van der Waals surface area contributed by atoms with E-state index < -0.39 is 0 Å². The smallest absolute Gasteiger partial charge is 0.194 e. The lowest BCUT2D eigenvalue weighted by Gasteiger charge is -2.25. The zero-order valence-corrected chi connectivity index (χ0v) is 17.2. The van der Waals surface area contributed by atoms with Crippen LogP contribution in [-0.4, -0.2) is 11.6 Å². The third-order valence-corrected chi connectivity index (χ3v) is 5.98. The molecule has 0 saturated carbocycles. The number of ketones is 2. The fourth-order valence-corrected chi connectivity index (χ4v) is 4.53. The topological polar surface area (TPSA) is 34.1 Å². The second-order valence-corrected chi connectivity index (χ2v) is 7.90. The zero-order valence-electron chi connectivity index (χ0n) is 17.2. The number of benzene rings is 4. The van der Waals surface area contributed by atoms with Gasteiger partial charge in [-0.15, -0.1) is 0 Å². The molecule has 0 fully saturated rings. The largest absolute Gasteiger partial charge is 0.294 e. The molecule has 0 amide bonds. The molecule has 0 saturated heterocycles. The van der Waals surface area contributed by atoms with Crippen molar-refractivity contribution >= 4 is 11.6 Å². The lowest BCUT2D eigenvalue weighted by atomic mass is 9.77. The highest BCUT2D eigenvalue weighted by Gasteiger charge is 2.30. The Kier molecular flexibility index (Phi) is 5.05. The van der Waals surface area contributed by atoms with Crippen LogP contribution in [0.5, 0.6) is 0 Å². The summed E-state index contributed by atoms with van der Waals surface area (Å²) in [4.78, 5) is 27.0. The van der Waals surface area contributed by atoms with Crippen molar-refractivity contribution in [2.45, 2.75) is 19.3 Å². The predicted molar refractivity (Wildman–Crippen MR) is 124 cm³/mol. The van der Waals surface area contributed by atoms with Crippen LogP contribution in [0.1, 0.15) is 44.7 Å². The Balaban J connectivity index is 1.86. The zero-order chi connectivity index (χ0) is 21.2. The summed E-state index contributed by atoms with van der Waals surface area (Å²) < 4.78 is 0. The van der Waals surface area contributed by atoms with E-state index in [9.17, 15) is 9.59 Å². The number of carbonyl (C=O) groups is 2. The Hall–Kier alpha value is -3.78. The SMILES string of the molecule is O=C(c1ccccc1)c1c(-c2ccccc2)cc(-c2ccccc2)c2c1C(=O)CCC2. The molecular weight excluding hydrogens is 380 g/mol. The highest BCUT2D eigenvalue weighted by Crippen LogP contribution is 2.40. The Morgan fingerprint density at radius 2 is 1.19 bits per heavy atom.